The smallest absolute Gasteiger partial charge is 0.308 e. The number of allylic oxidation sites excluding steroid dienone is 1. The SMILES string of the molecule is C=CCCC(=O)NCC(C(=O)O)C(C)C. The van der Waals surface area contributed by atoms with Gasteiger partial charge in [0.1, 0.15) is 0 Å². The maximum Gasteiger partial charge on any atom is 0.308 e. The quantitative estimate of drug-likeness (QED) is 0.629. The minimum atomic E-state index is -0.867. The molecule has 0 aliphatic rings. The van der Waals surface area contributed by atoms with E-state index in [1.54, 1.807) is 6.08 Å². The van der Waals surface area contributed by atoms with E-state index in [9.17, 15) is 9.59 Å². The highest BCUT2D eigenvalue weighted by Gasteiger charge is 2.21. The minimum absolute atomic E-state index is 0.0159. The van der Waals surface area contributed by atoms with Crippen LogP contribution in [0.1, 0.15) is 26.7 Å². The lowest BCUT2D eigenvalue weighted by Crippen LogP contribution is -2.35. The van der Waals surface area contributed by atoms with Gasteiger partial charge in [-0.15, -0.1) is 6.58 Å². The molecule has 0 aliphatic carbocycles. The van der Waals surface area contributed by atoms with Crippen LogP contribution < -0.4 is 5.32 Å². The topological polar surface area (TPSA) is 66.4 Å². The number of aliphatic carboxylic acids is 1. The monoisotopic (exact) mass is 213 g/mol. The van der Waals surface area contributed by atoms with Crippen LogP contribution in [0.15, 0.2) is 12.7 Å². The Morgan fingerprint density at radius 1 is 1.47 bits per heavy atom. The van der Waals surface area contributed by atoms with Crippen molar-refractivity contribution in [3.8, 4) is 0 Å². The lowest BCUT2D eigenvalue weighted by molar-refractivity contribution is -0.143. The van der Waals surface area contributed by atoms with Gasteiger partial charge in [-0.05, 0) is 12.3 Å². The van der Waals surface area contributed by atoms with Gasteiger partial charge in [0.15, 0.2) is 0 Å². The van der Waals surface area contributed by atoms with E-state index in [4.69, 9.17) is 5.11 Å². The summed E-state index contributed by atoms with van der Waals surface area (Å²) in [5.41, 5.74) is 0. The summed E-state index contributed by atoms with van der Waals surface area (Å²) in [7, 11) is 0. The van der Waals surface area contributed by atoms with Crippen molar-refractivity contribution in [2.75, 3.05) is 6.54 Å². The fraction of sp³-hybridized carbons (Fsp3) is 0.636. The number of carboxylic acid groups (broad SMARTS) is 1. The molecule has 0 radical (unpaired) electrons. The minimum Gasteiger partial charge on any atom is -0.481 e. The summed E-state index contributed by atoms with van der Waals surface area (Å²) in [5.74, 6) is -1.49. The third kappa shape index (κ3) is 5.88. The Morgan fingerprint density at radius 2 is 2.07 bits per heavy atom. The van der Waals surface area contributed by atoms with E-state index in [0.717, 1.165) is 0 Å². The maximum absolute atomic E-state index is 11.2. The Morgan fingerprint density at radius 3 is 2.47 bits per heavy atom. The summed E-state index contributed by atoms with van der Waals surface area (Å²) in [5, 5.41) is 11.5. The number of carboxylic acids is 1. The van der Waals surface area contributed by atoms with Crippen LogP contribution in [0, 0.1) is 11.8 Å². The second kappa shape index (κ2) is 7.04. The predicted molar refractivity (Wildman–Crippen MR) is 58.4 cm³/mol. The number of carbonyl (C=O) groups is 2. The van der Waals surface area contributed by atoms with Crippen molar-refractivity contribution in [2.45, 2.75) is 26.7 Å². The lowest BCUT2D eigenvalue weighted by atomic mass is 9.96. The van der Waals surface area contributed by atoms with Gasteiger partial charge in [-0.1, -0.05) is 19.9 Å². The standard InChI is InChI=1S/C11H19NO3/c1-4-5-6-10(13)12-7-9(8(2)3)11(14)15/h4,8-9H,1,5-7H2,2-3H3,(H,12,13)(H,14,15). The van der Waals surface area contributed by atoms with E-state index < -0.39 is 11.9 Å². The third-order valence-electron chi connectivity index (χ3n) is 2.22. The first-order valence-corrected chi connectivity index (χ1v) is 5.09. The molecule has 1 amide bonds. The van der Waals surface area contributed by atoms with E-state index in [-0.39, 0.29) is 18.4 Å². The highest BCUT2D eigenvalue weighted by molar-refractivity contribution is 5.77. The van der Waals surface area contributed by atoms with Crippen molar-refractivity contribution in [3.63, 3.8) is 0 Å². The van der Waals surface area contributed by atoms with Crippen molar-refractivity contribution in [2.24, 2.45) is 11.8 Å². The van der Waals surface area contributed by atoms with Crippen LogP contribution in [0.2, 0.25) is 0 Å². The Hall–Kier alpha value is -1.32. The molecule has 0 saturated heterocycles. The summed E-state index contributed by atoms with van der Waals surface area (Å²) in [6.07, 6.45) is 2.65. The highest BCUT2D eigenvalue weighted by Crippen LogP contribution is 2.09. The summed E-state index contributed by atoms with van der Waals surface area (Å²) >= 11 is 0. The van der Waals surface area contributed by atoms with Crippen molar-refractivity contribution >= 4 is 11.9 Å². The zero-order valence-corrected chi connectivity index (χ0v) is 9.32. The fourth-order valence-corrected chi connectivity index (χ4v) is 1.15. The molecule has 0 saturated carbocycles. The molecule has 86 valence electrons. The van der Waals surface area contributed by atoms with Gasteiger partial charge in [0.25, 0.3) is 0 Å². The first-order valence-electron chi connectivity index (χ1n) is 5.09. The maximum atomic E-state index is 11.2. The number of carbonyl (C=O) groups excluding carboxylic acids is 1. The summed E-state index contributed by atoms with van der Waals surface area (Å²) in [6, 6.07) is 0. The summed E-state index contributed by atoms with van der Waals surface area (Å²) < 4.78 is 0. The van der Waals surface area contributed by atoms with Crippen molar-refractivity contribution < 1.29 is 14.7 Å². The summed E-state index contributed by atoms with van der Waals surface area (Å²) in [4.78, 5) is 22.0. The largest absolute Gasteiger partial charge is 0.481 e. The van der Waals surface area contributed by atoms with Crippen molar-refractivity contribution in [1.82, 2.24) is 5.32 Å². The van der Waals surface area contributed by atoms with Gasteiger partial charge in [-0.25, -0.2) is 0 Å². The van der Waals surface area contributed by atoms with Crippen LogP contribution in [0.4, 0.5) is 0 Å². The second-order valence-corrected chi connectivity index (χ2v) is 3.82. The molecular weight excluding hydrogens is 194 g/mol. The van der Waals surface area contributed by atoms with E-state index in [1.165, 1.54) is 0 Å². The predicted octanol–water partition coefficient (Wildman–Crippen LogP) is 1.43. The Bertz CT molecular complexity index is 236. The van der Waals surface area contributed by atoms with Gasteiger partial charge in [0, 0.05) is 13.0 Å². The molecule has 1 unspecified atom stereocenters. The molecule has 0 aromatic carbocycles. The normalized spacial score (nSPS) is 12.2. The average Bonchev–Trinajstić information content (AvgIpc) is 2.13. The van der Waals surface area contributed by atoms with Gasteiger partial charge >= 0.3 is 5.97 Å². The van der Waals surface area contributed by atoms with Crippen LogP contribution in [0.3, 0.4) is 0 Å². The van der Waals surface area contributed by atoms with Gasteiger partial charge in [0.2, 0.25) is 5.91 Å². The molecule has 4 heteroatoms. The molecule has 2 N–H and O–H groups in total. The van der Waals surface area contributed by atoms with E-state index >= 15 is 0 Å². The second-order valence-electron chi connectivity index (χ2n) is 3.82. The zero-order valence-electron chi connectivity index (χ0n) is 9.32. The Balaban J connectivity index is 3.94. The van der Waals surface area contributed by atoms with E-state index in [1.807, 2.05) is 13.8 Å². The van der Waals surface area contributed by atoms with Gasteiger partial charge < -0.3 is 10.4 Å². The summed E-state index contributed by atoms with van der Waals surface area (Å²) in [6.45, 7) is 7.36. The highest BCUT2D eigenvalue weighted by atomic mass is 16.4. The van der Waals surface area contributed by atoms with Crippen LogP contribution in [0.25, 0.3) is 0 Å². The molecule has 4 nitrogen and oxygen atoms in total. The van der Waals surface area contributed by atoms with Crippen LogP contribution in [-0.4, -0.2) is 23.5 Å². The van der Waals surface area contributed by atoms with E-state index in [0.29, 0.717) is 12.8 Å². The van der Waals surface area contributed by atoms with Crippen LogP contribution in [0.5, 0.6) is 0 Å². The average molecular weight is 213 g/mol. The molecule has 0 aliphatic heterocycles. The number of nitrogens with one attached hydrogen (secondary N) is 1. The molecule has 0 aromatic heterocycles. The molecule has 15 heavy (non-hydrogen) atoms. The first kappa shape index (κ1) is 13.7. The lowest BCUT2D eigenvalue weighted by Gasteiger charge is -2.16. The van der Waals surface area contributed by atoms with Crippen LogP contribution in [-0.2, 0) is 9.59 Å². The molecule has 0 spiro atoms. The van der Waals surface area contributed by atoms with Crippen LogP contribution >= 0.6 is 0 Å². The molecule has 0 bridgehead atoms. The molecule has 0 rings (SSSR count). The van der Waals surface area contributed by atoms with Crippen molar-refractivity contribution in [3.05, 3.63) is 12.7 Å². The third-order valence-corrected chi connectivity index (χ3v) is 2.22. The van der Waals surface area contributed by atoms with Gasteiger partial charge in [-0.2, -0.15) is 0 Å². The van der Waals surface area contributed by atoms with Crippen molar-refractivity contribution in [1.29, 1.82) is 0 Å². The first-order chi connectivity index (χ1) is 6.99. The Kier molecular flexibility index (Phi) is 6.42. The molecular formula is C11H19NO3. The number of rotatable bonds is 7. The zero-order chi connectivity index (χ0) is 11.8. The molecule has 0 fully saturated rings. The van der Waals surface area contributed by atoms with Gasteiger partial charge in [0.05, 0.1) is 5.92 Å². The molecule has 0 heterocycles. The molecule has 0 aromatic rings. The molecule has 1 atom stereocenters. The fourth-order valence-electron chi connectivity index (χ4n) is 1.15. The van der Waals surface area contributed by atoms with Gasteiger partial charge in [-0.3, -0.25) is 9.59 Å². The number of amides is 1. The number of hydrogen-bond acceptors (Lipinski definition) is 2. The Labute approximate surface area is 90.4 Å². The number of hydrogen-bond donors (Lipinski definition) is 2. The van der Waals surface area contributed by atoms with E-state index in [2.05, 4.69) is 11.9 Å².